The predicted molar refractivity (Wildman–Crippen MR) is 119 cm³/mol. The van der Waals surface area contributed by atoms with E-state index >= 15 is 0 Å². The topological polar surface area (TPSA) is 128 Å². The van der Waals surface area contributed by atoms with Crippen molar-refractivity contribution in [2.45, 2.75) is 44.4 Å². The van der Waals surface area contributed by atoms with Crippen molar-refractivity contribution in [3.63, 3.8) is 0 Å². The lowest BCUT2D eigenvalue weighted by Gasteiger charge is -2.27. The standard InChI is InChI=1S/C22H28N2O7S/c1-3-5-9-24(10-6-4-2)17-13-20(21(32(23,27)28)12-16(17)22(25)26)31-15-7-8-18-19(11-15)30-14-29-18/h7-8,11-13H,3-6,9-10,14H2,1-2H3,(H,25,26)(H2,23,27,28). The number of carboxylic acids is 1. The molecule has 0 fully saturated rings. The van der Waals surface area contributed by atoms with E-state index in [9.17, 15) is 18.3 Å². The van der Waals surface area contributed by atoms with Gasteiger partial charge >= 0.3 is 5.97 Å². The molecule has 0 radical (unpaired) electrons. The van der Waals surface area contributed by atoms with Crippen molar-refractivity contribution < 1.29 is 32.5 Å². The Labute approximate surface area is 187 Å². The second-order valence-corrected chi connectivity index (χ2v) is 9.01. The summed E-state index contributed by atoms with van der Waals surface area (Å²) in [6.07, 6.45) is 3.58. The molecule has 0 bridgehead atoms. The van der Waals surface area contributed by atoms with Crippen molar-refractivity contribution in [2.75, 3.05) is 24.8 Å². The van der Waals surface area contributed by atoms with Gasteiger partial charge in [0.25, 0.3) is 0 Å². The Morgan fingerprint density at radius 2 is 1.75 bits per heavy atom. The highest BCUT2D eigenvalue weighted by Crippen LogP contribution is 2.40. The number of aromatic carboxylic acids is 1. The quantitative estimate of drug-likeness (QED) is 0.511. The second-order valence-electron chi connectivity index (χ2n) is 7.48. The molecular formula is C22H28N2O7S. The summed E-state index contributed by atoms with van der Waals surface area (Å²) >= 11 is 0. The fraction of sp³-hybridized carbons (Fsp3) is 0.409. The zero-order valence-electron chi connectivity index (χ0n) is 18.2. The summed E-state index contributed by atoms with van der Waals surface area (Å²) in [6, 6.07) is 7.35. The fourth-order valence-corrected chi connectivity index (χ4v) is 4.07. The zero-order valence-corrected chi connectivity index (χ0v) is 19.0. The van der Waals surface area contributed by atoms with Crippen LogP contribution in [0.4, 0.5) is 5.69 Å². The molecule has 0 aromatic heterocycles. The maximum Gasteiger partial charge on any atom is 0.337 e. The van der Waals surface area contributed by atoms with Gasteiger partial charge in [0.2, 0.25) is 16.8 Å². The molecule has 3 N–H and O–H groups in total. The number of nitrogens with zero attached hydrogens (tertiary/aromatic N) is 1. The number of sulfonamides is 1. The van der Waals surface area contributed by atoms with E-state index in [1.165, 1.54) is 6.07 Å². The molecule has 0 saturated carbocycles. The van der Waals surface area contributed by atoms with Gasteiger partial charge in [0.15, 0.2) is 11.5 Å². The second kappa shape index (κ2) is 10.1. The Morgan fingerprint density at radius 3 is 2.34 bits per heavy atom. The smallest absolute Gasteiger partial charge is 0.337 e. The largest absolute Gasteiger partial charge is 0.478 e. The molecule has 0 amide bonds. The zero-order chi connectivity index (χ0) is 23.3. The van der Waals surface area contributed by atoms with E-state index in [1.807, 2.05) is 18.7 Å². The molecule has 9 nitrogen and oxygen atoms in total. The molecule has 0 spiro atoms. The van der Waals surface area contributed by atoms with Crippen molar-refractivity contribution >= 4 is 21.7 Å². The Bertz CT molecular complexity index is 1080. The van der Waals surface area contributed by atoms with E-state index < -0.39 is 20.9 Å². The first-order valence-corrected chi connectivity index (χ1v) is 12.1. The van der Waals surface area contributed by atoms with Gasteiger partial charge in [-0.05, 0) is 31.0 Å². The molecule has 1 aliphatic heterocycles. The lowest BCUT2D eigenvalue weighted by atomic mass is 10.1. The van der Waals surface area contributed by atoms with Crippen molar-refractivity contribution in [2.24, 2.45) is 5.14 Å². The predicted octanol–water partition coefficient (Wildman–Crippen LogP) is 3.96. The Hall–Kier alpha value is -2.98. The van der Waals surface area contributed by atoms with Crippen molar-refractivity contribution in [3.05, 3.63) is 35.9 Å². The molecule has 2 aromatic carbocycles. The molecule has 10 heteroatoms. The molecule has 1 heterocycles. The molecule has 32 heavy (non-hydrogen) atoms. The number of hydrogen-bond acceptors (Lipinski definition) is 7. The Balaban J connectivity index is 2.11. The van der Waals surface area contributed by atoms with Crippen LogP contribution in [-0.2, 0) is 10.0 Å². The van der Waals surface area contributed by atoms with Crippen LogP contribution < -0.4 is 24.2 Å². The van der Waals surface area contributed by atoms with Crippen LogP contribution in [0.1, 0.15) is 49.9 Å². The molecule has 2 aromatic rings. The molecule has 0 atom stereocenters. The van der Waals surface area contributed by atoms with Gasteiger partial charge in [-0.2, -0.15) is 0 Å². The van der Waals surface area contributed by atoms with Gasteiger partial charge in [0.1, 0.15) is 16.4 Å². The van der Waals surface area contributed by atoms with Crippen LogP contribution in [0.15, 0.2) is 35.2 Å². The van der Waals surface area contributed by atoms with Crippen LogP contribution >= 0.6 is 0 Å². The molecule has 0 unspecified atom stereocenters. The minimum atomic E-state index is -4.26. The van der Waals surface area contributed by atoms with Gasteiger partial charge in [0.05, 0.1) is 11.3 Å². The number of benzene rings is 2. The highest BCUT2D eigenvalue weighted by Gasteiger charge is 2.25. The summed E-state index contributed by atoms with van der Waals surface area (Å²) in [4.78, 5) is 13.6. The Kier molecular flexibility index (Phi) is 7.47. The van der Waals surface area contributed by atoms with Gasteiger partial charge < -0.3 is 24.2 Å². The number of hydrogen-bond donors (Lipinski definition) is 2. The molecule has 3 rings (SSSR count). The number of rotatable bonds is 11. The van der Waals surface area contributed by atoms with E-state index in [2.05, 4.69) is 0 Å². The van der Waals surface area contributed by atoms with Crippen LogP contribution in [0.25, 0.3) is 0 Å². The molecule has 0 saturated heterocycles. The maximum absolute atomic E-state index is 12.3. The summed E-state index contributed by atoms with van der Waals surface area (Å²) in [5.41, 5.74) is 0.252. The van der Waals surface area contributed by atoms with Crippen molar-refractivity contribution in [3.8, 4) is 23.0 Å². The van der Waals surface area contributed by atoms with Crippen molar-refractivity contribution in [1.29, 1.82) is 0 Å². The average Bonchev–Trinajstić information content (AvgIpc) is 3.20. The average molecular weight is 465 g/mol. The van der Waals surface area contributed by atoms with E-state index in [1.54, 1.807) is 18.2 Å². The van der Waals surface area contributed by atoms with Crippen LogP contribution in [0, 0.1) is 0 Å². The summed E-state index contributed by atoms with van der Waals surface area (Å²) < 4.78 is 41.1. The van der Waals surface area contributed by atoms with Crippen LogP contribution in [-0.4, -0.2) is 39.4 Å². The lowest BCUT2D eigenvalue weighted by molar-refractivity contribution is 0.0697. The lowest BCUT2D eigenvalue weighted by Crippen LogP contribution is -2.28. The van der Waals surface area contributed by atoms with Crippen LogP contribution in [0.5, 0.6) is 23.0 Å². The van der Waals surface area contributed by atoms with Gasteiger partial charge in [0, 0.05) is 25.2 Å². The maximum atomic E-state index is 12.3. The minimum Gasteiger partial charge on any atom is -0.478 e. The minimum absolute atomic E-state index is 0.0515. The summed E-state index contributed by atoms with van der Waals surface area (Å²) in [6.45, 7) is 5.45. The number of nitrogens with two attached hydrogens (primary N) is 1. The molecule has 0 aliphatic carbocycles. The first kappa shape index (κ1) is 23.7. The number of unbranched alkanes of at least 4 members (excludes halogenated alkanes) is 2. The SMILES string of the molecule is CCCCN(CCCC)c1cc(Oc2ccc3c(c2)OCO3)c(S(N)(=O)=O)cc1C(=O)O. The third-order valence-electron chi connectivity index (χ3n) is 5.07. The number of primary sulfonamides is 1. The number of carbonyl (C=O) groups is 1. The van der Waals surface area contributed by atoms with Gasteiger partial charge in [-0.25, -0.2) is 18.4 Å². The van der Waals surface area contributed by atoms with E-state index in [-0.39, 0.29) is 18.1 Å². The summed E-state index contributed by atoms with van der Waals surface area (Å²) in [7, 11) is -4.26. The van der Waals surface area contributed by atoms with Gasteiger partial charge in [-0.15, -0.1) is 0 Å². The third-order valence-corrected chi connectivity index (χ3v) is 6.01. The number of anilines is 1. The van der Waals surface area contributed by atoms with Crippen molar-refractivity contribution in [1.82, 2.24) is 0 Å². The third kappa shape index (κ3) is 5.43. The van der Waals surface area contributed by atoms with E-state index in [0.29, 0.717) is 36.0 Å². The monoisotopic (exact) mass is 464 g/mol. The normalized spacial score (nSPS) is 12.6. The highest BCUT2D eigenvalue weighted by atomic mass is 32.2. The van der Waals surface area contributed by atoms with E-state index in [0.717, 1.165) is 31.7 Å². The molecule has 1 aliphatic rings. The number of ether oxygens (including phenoxy) is 3. The first-order valence-electron chi connectivity index (χ1n) is 10.5. The summed E-state index contributed by atoms with van der Waals surface area (Å²) in [5.74, 6) is 0.0366. The van der Waals surface area contributed by atoms with E-state index in [4.69, 9.17) is 19.3 Å². The van der Waals surface area contributed by atoms with Gasteiger partial charge in [-0.1, -0.05) is 26.7 Å². The fourth-order valence-electron chi connectivity index (χ4n) is 3.40. The molecule has 174 valence electrons. The highest BCUT2D eigenvalue weighted by molar-refractivity contribution is 7.89. The van der Waals surface area contributed by atoms with Gasteiger partial charge in [-0.3, -0.25) is 0 Å². The van der Waals surface area contributed by atoms with Crippen LogP contribution in [0.2, 0.25) is 0 Å². The van der Waals surface area contributed by atoms with Crippen LogP contribution in [0.3, 0.4) is 0 Å². The number of carboxylic acid groups (broad SMARTS) is 1. The Morgan fingerprint density at radius 1 is 1.09 bits per heavy atom. The first-order chi connectivity index (χ1) is 15.2. The molecular weight excluding hydrogens is 436 g/mol. The number of fused-ring (bicyclic) bond motifs is 1. The summed E-state index contributed by atoms with van der Waals surface area (Å²) in [5, 5.41) is 15.2.